The Morgan fingerprint density at radius 2 is 2.00 bits per heavy atom. The quantitative estimate of drug-likeness (QED) is 0.463. The molecule has 0 saturated heterocycles. The van der Waals surface area contributed by atoms with Crippen molar-refractivity contribution < 1.29 is 23.4 Å². The predicted octanol–water partition coefficient (Wildman–Crippen LogP) is 4.26. The lowest BCUT2D eigenvalue weighted by Gasteiger charge is -2.14. The summed E-state index contributed by atoms with van der Waals surface area (Å²) in [6.07, 6.45) is 6.72. The summed E-state index contributed by atoms with van der Waals surface area (Å²) in [5.74, 6) is 2.65. The van der Waals surface area contributed by atoms with Crippen molar-refractivity contribution in [3.63, 3.8) is 0 Å². The third-order valence-electron chi connectivity index (χ3n) is 5.14. The number of hydrogen-bond acceptors (Lipinski definition) is 7. The maximum atomic E-state index is 11.3. The van der Waals surface area contributed by atoms with Gasteiger partial charge in [0.2, 0.25) is 5.89 Å². The summed E-state index contributed by atoms with van der Waals surface area (Å²) >= 11 is 0. The summed E-state index contributed by atoms with van der Waals surface area (Å²) in [4.78, 5) is 20.4. The van der Waals surface area contributed by atoms with Crippen LogP contribution in [0.15, 0.2) is 47.2 Å². The average Bonchev–Trinajstić information content (AvgIpc) is 3.50. The molecule has 2 heterocycles. The number of pyridine rings is 1. The van der Waals surface area contributed by atoms with Crippen molar-refractivity contribution in [2.75, 3.05) is 20.8 Å². The van der Waals surface area contributed by atoms with Crippen molar-refractivity contribution >= 4 is 6.29 Å². The molecule has 7 heteroatoms. The minimum Gasteiger partial charge on any atom is -0.495 e. The van der Waals surface area contributed by atoms with Crippen LogP contribution in [0.25, 0.3) is 11.5 Å². The van der Waals surface area contributed by atoms with Crippen LogP contribution in [0.4, 0.5) is 0 Å². The second-order valence-electron chi connectivity index (χ2n) is 7.24. The molecule has 1 aliphatic rings. The molecular weight excluding hydrogens is 384 g/mol. The van der Waals surface area contributed by atoms with Crippen LogP contribution in [0.5, 0.6) is 17.2 Å². The first-order chi connectivity index (χ1) is 14.7. The molecule has 0 amide bonds. The molecule has 0 radical (unpaired) electrons. The highest BCUT2D eigenvalue weighted by molar-refractivity contribution is 5.61. The Balaban J connectivity index is 1.63. The summed E-state index contributed by atoms with van der Waals surface area (Å²) in [6, 6.07) is 9.18. The molecule has 0 bridgehead atoms. The largest absolute Gasteiger partial charge is 0.495 e. The van der Waals surface area contributed by atoms with Gasteiger partial charge in [0, 0.05) is 18.2 Å². The van der Waals surface area contributed by atoms with Gasteiger partial charge < -0.3 is 23.4 Å². The third kappa shape index (κ3) is 4.30. The Morgan fingerprint density at radius 3 is 2.73 bits per heavy atom. The lowest BCUT2D eigenvalue weighted by molar-refractivity contribution is -0.108. The monoisotopic (exact) mass is 408 g/mol. The Kier molecular flexibility index (Phi) is 5.97. The number of oxazole rings is 1. The van der Waals surface area contributed by atoms with Crippen LogP contribution >= 0.6 is 0 Å². The van der Waals surface area contributed by atoms with Crippen LogP contribution in [-0.2, 0) is 4.79 Å². The van der Waals surface area contributed by atoms with Crippen LogP contribution in [0.2, 0.25) is 0 Å². The fraction of sp³-hybridized carbons (Fsp3) is 0.348. The number of hydrogen-bond donors (Lipinski definition) is 0. The molecule has 1 saturated carbocycles. The Labute approximate surface area is 175 Å². The van der Waals surface area contributed by atoms with Crippen LogP contribution in [0.1, 0.15) is 36.6 Å². The van der Waals surface area contributed by atoms with Crippen molar-refractivity contribution in [1.82, 2.24) is 9.97 Å². The minimum absolute atomic E-state index is 0.220. The molecule has 156 valence electrons. The van der Waals surface area contributed by atoms with Crippen LogP contribution < -0.4 is 14.2 Å². The normalized spacial score (nSPS) is 14.2. The van der Waals surface area contributed by atoms with Gasteiger partial charge in [-0.3, -0.25) is 4.98 Å². The fourth-order valence-corrected chi connectivity index (χ4v) is 3.30. The van der Waals surface area contributed by atoms with E-state index in [4.69, 9.17) is 18.6 Å². The molecule has 30 heavy (non-hydrogen) atoms. The number of ether oxygens (including phenoxy) is 3. The zero-order valence-corrected chi connectivity index (χ0v) is 17.0. The fourth-order valence-electron chi connectivity index (χ4n) is 3.30. The molecule has 0 aliphatic heterocycles. The summed E-state index contributed by atoms with van der Waals surface area (Å²) in [5.41, 5.74) is 2.03. The first-order valence-electron chi connectivity index (χ1n) is 9.92. The summed E-state index contributed by atoms with van der Waals surface area (Å²) < 4.78 is 22.5. The van der Waals surface area contributed by atoms with E-state index in [1.165, 1.54) is 12.8 Å². The average molecular weight is 408 g/mol. The molecule has 4 rings (SSSR count). The van der Waals surface area contributed by atoms with E-state index in [0.717, 1.165) is 11.8 Å². The van der Waals surface area contributed by atoms with Gasteiger partial charge in [0.25, 0.3) is 0 Å². The van der Waals surface area contributed by atoms with Crippen molar-refractivity contribution in [3.8, 4) is 28.7 Å². The third-order valence-corrected chi connectivity index (χ3v) is 5.14. The van der Waals surface area contributed by atoms with Gasteiger partial charge in [0.05, 0.1) is 38.1 Å². The molecule has 2 aromatic heterocycles. The number of nitrogens with zero attached hydrogens (tertiary/aromatic N) is 2. The zero-order chi connectivity index (χ0) is 20.9. The molecule has 0 spiro atoms. The van der Waals surface area contributed by atoms with Crippen LogP contribution in [0.3, 0.4) is 0 Å². The summed E-state index contributed by atoms with van der Waals surface area (Å²) in [7, 11) is 3.19. The number of carbonyl (C=O) groups is 1. The first-order valence-corrected chi connectivity index (χ1v) is 9.92. The standard InChI is InChI=1S/C23H24N2O5/c1-27-19-8-7-16(12-21(19)29-13-15-5-6-15)23-25-18(14-30-23)17(9-11-26)22-20(28-2)4-3-10-24-22/h3-4,7-8,10-12,14-15,17H,5-6,9,13H2,1-2H3. The zero-order valence-electron chi connectivity index (χ0n) is 17.0. The smallest absolute Gasteiger partial charge is 0.226 e. The Morgan fingerprint density at radius 1 is 1.17 bits per heavy atom. The van der Waals surface area contributed by atoms with Gasteiger partial charge in [-0.1, -0.05) is 0 Å². The number of aromatic nitrogens is 2. The lowest BCUT2D eigenvalue weighted by atomic mass is 9.97. The summed E-state index contributed by atoms with van der Waals surface area (Å²) in [6.45, 7) is 0.678. The highest BCUT2D eigenvalue weighted by Gasteiger charge is 2.25. The van der Waals surface area contributed by atoms with Gasteiger partial charge >= 0.3 is 0 Å². The highest BCUT2D eigenvalue weighted by atomic mass is 16.5. The molecule has 1 atom stereocenters. The molecule has 1 unspecified atom stereocenters. The maximum absolute atomic E-state index is 11.3. The van der Waals surface area contributed by atoms with Crippen molar-refractivity contribution in [2.24, 2.45) is 5.92 Å². The van der Waals surface area contributed by atoms with Gasteiger partial charge in [0.15, 0.2) is 11.5 Å². The second-order valence-corrected chi connectivity index (χ2v) is 7.24. The predicted molar refractivity (Wildman–Crippen MR) is 110 cm³/mol. The molecule has 1 aromatic carbocycles. The van der Waals surface area contributed by atoms with E-state index in [1.54, 1.807) is 32.7 Å². The first kappa shape index (κ1) is 19.9. The van der Waals surface area contributed by atoms with Crippen LogP contribution in [0, 0.1) is 5.92 Å². The second kappa shape index (κ2) is 8.98. The van der Waals surface area contributed by atoms with Crippen molar-refractivity contribution in [2.45, 2.75) is 25.2 Å². The molecule has 0 N–H and O–H groups in total. The number of aldehydes is 1. The van der Waals surface area contributed by atoms with Gasteiger partial charge in [0.1, 0.15) is 18.3 Å². The van der Waals surface area contributed by atoms with E-state index in [9.17, 15) is 4.79 Å². The lowest BCUT2D eigenvalue weighted by Crippen LogP contribution is -2.07. The topological polar surface area (TPSA) is 83.7 Å². The van der Waals surface area contributed by atoms with E-state index in [-0.39, 0.29) is 12.3 Å². The summed E-state index contributed by atoms with van der Waals surface area (Å²) in [5, 5.41) is 0. The number of benzene rings is 1. The molecule has 1 aliphatic carbocycles. The van der Waals surface area contributed by atoms with Gasteiger partial charge in [-0.2, -0.15) is 0 Å². The van der Waals surface area contributed by atoms with Crippen LogP contribution in [-0.4, -0.2) is 37.1 Å². The van der Waals surface area contributed by atoms with Gasteiger partial charge in [-0.25, -0.2) is 4.98 Å². The van der Waals surface area contributed by atoms with E-state index in [2.05, 4.69) is 9.97 Å². The Hall–Kier alpha value is -3.35. The molecule has 1 fully saturated rings. The van der Waals surface area contributed by atoms with E-state index in [1.807, 2.05) is 24.3 Å². The molecular formula is C23H24N2O5. The van der Waals surface area contributed by atoms with E-state index in [0.29, 0.717) is 47.1 Å². The number of rotatable bonds is 10. The van der Waals surface area contributed by atoms with Crippen molar-refractivity contribution in [3.05, 3.63) is 54.2 Å². The minimum atomic E-state index is -0.361. The van der Waals surface area contributed by atoms with Crippen molar-refractivity contribution in [1.29, 1.82) is 0 Å². The highest BCUT2D eigenvalue weighted by Crippen LogP contribution is 2.37. The van der Waals surface area contributed by atoms with Gasteiger partial charge in [-0.05, 0) is 49.1 Å². The SMILES string of the molecule is COc1ccc(-c2nc(C(CC=O)c3ncccc3OC)co2)cc1OCC1CC1. The van der Waals surface area contributed by atoms with E-state index < -0.39 is 0 Å². The number of methoxy groups -OCH3 is 2. The molecule has 3 aromatic rings. The maximum Gasteiger partial charge on any atom is 0.226 e. The van der Waals surface area contributed by atoms with Gasteiger partial charge in [-0.15, -0.1) is 0 Å². The van der Waals surface area contributed by atoms with E-state index >= 15 is 0 Å². The Bertz CT molecular complexity index is 1010. The molecule has 7 nitrogen and oxygen atoms in total. The number of carbonyl (C=O) groups excluding carboxylic acids is 1.